The van der Waals surface area contributed by atoms with E-state index < -0.39 is 0 Å². The van der Waals surface area contributed by atoms with Crippen LogP contribution in [0.2, 0.25) is 5.02 Å². The number of rotatable bonds is 4. The average Bonchev–Trinajstić information content (AvgIpc) is 3.20. The summed E-state index contributed by atoms with van der Waals surface area (Å²) in [5.41, 5.74) is 3.80. The van der Waals surface area contributed by atoms with Crippen molar-refractivity contribution < 1.29 is 4.79 Å². The first kappa shape index (κ1) is 17.7. The van der Waals surface area contributed by atoms with Crippen LogP contribution >= 0.6 is 11.6 Å². The first-order chi connectivity index (χ1) is 13.2. The van der Waals surface area contributed by atoms with Gasteiger partial charge in [0.2, 0.25) is 0 Å². The summed E-state index contributed by atoms with van der Waals surface area (Å²) in [5, 5.41) is 0.733. The Labute approximate surface area is 163 Å². The van der Waals surface area contributed by atoms with Crippen molar-refractivity contribution in [3.8, 4) is 0 Å². The van der Waals surface area contributed by atoms with Gasteiger partial charge in [-0.25, -0.2) is 0 Å². The van der Waals surface area contributed by atoms with Gasteiger partial charge in [0, 0.05) is 41.6 Å². The second-order valence-corrected chi connectivity index (χ2v) is 7.19. The number of carbonyl (C=O) groups is 1. The summed E-state index contributed by atoms with van der Waals surface area (Å²) >= 11 is 5.97. The van der Waals surface area contributed by atoms with Crippen molar-refractivity contribution in [1.29, 1.82) is 0 Å². The van der Waals surface area contributed by atoms with E-state index in [2.05, 4.69) is 4.98 Å². The van der Waals surface area contributed by atoms with Crippen LogP contribution in [0.3, 0.4) is 0 Å². The van der Waals surface area contributed by atoms with E-state index >= 15 is 0 Å². The lowest BCUT2D eigenvalue weighted by Gasteiger charge is -2.24. The summed E-state index contributed by atoms with van der Waals surface area (Å²) in [4.78, 5) is 23.7. The molecule has 0 unspecified atom stereocenters. The van der Waals surface area contributed by atoms with Crippen molar-refractivity contribution in [1.82, 2.24) is 14.9 Å². The molecule has 1 aromatic carbocycles. The molecule has 0 bridgehead atoms. The highest BCUT2D eigenvalue weighted by atomic mass is 35.5. The number of pyridine rings is 2. The van der Waals surface area contributed by atoms with E-state index in [1.165, 1.54) is 5.56 Å². The molecular weight excluding hydrogens is 358 g/mol. The van der Waals surface area contributed by atoms with Crippen molar-refractivity contribution in [2.45, 2.75) is 25.3 Å². The Kier molecular flexibility index (Phi) is 5.16. The molecule has 1 atom stereocenters. The van der Waals surface area contributed by atoms with Gasteiger partial charge in [0.15, 0.2) is 0 Å². The van der Waals surface area contributed by atoms with Gasteiger partial charge in [-0.1, -0.05) is 29.8 Å². The van der Waals surface area contributed by atoms with E-state index in [0.29, 0.717) is 5.56 Å². The molecular formula is C22H20ClN3O. The van der Waals surface area contributed by atoms with Crippen LogP contribution in [0.4, 0.5) is 0 Å². The van der Waals surface area contributed by atoms with Crippen LogP contribution in [0.25, 0.3) is 0 Å². The van der Waals surface area contributed by atoms with Gasteiger partial charge in [-0.3, -0.25) is 14.8 Å². The number of carbonyl (C=O) groups excluding carboxylic acids is 1. The van der Waals surface area contributed by atoms with E-state index in [9.17, 15) is 4.79 Å². The molecule has 0 radical (unpaired) electrons. The third kappa shape index (κ3) is 4.01. The van der Waals surface area contributed by atoms with Gasteiger partial charge in [-0.05, 0) is 54.8 Å². The summed E-state index contributed by atoms with van der Waals surface area (Å²) in [6, 6.07) is 17.5. The molecule has 4 rings (SSSR count). The molecule has 2 aromatic heterocycles. The van der Waals surface area contributed by atoms with E-state index in [1.54, 1.807) is 24.5 Å². The highest BCUT2D eigenvalue weighted by molar-refractivity contribution is 6.30. The minimum absolute atomic E-state index is 0.0239. The normalized spacial score (nSPS) is 16.5. The lowest BCUT2D eigenvalue weighted by Crippen LogP contribution is -2.31. The highest BCUT2D eigenvalue weighted by Crippen LogP contribution is 2.32. The Morgan fingerprint density at radius 3 is 2.63 bits per heavy atom. The molecule has 4 nitrogen and oxygen atoms in total. The number of amides is 1. The van der Waals surface area contributed by atoms with Crippen LogP contribution in [-0.4, -0.2) is 27.3 Å². The van der Waals surface area contributed by atoms with Crippen molar-refractivity contribution >= 4 is 17.5 Å². The van der Waals surface area contributed by atoms with E-state index in [-0.39, 0.29) is 11.9 Å². The lowest BCUT2D eigenvalue weighted by atomic mass is 10.1. The maximum atomic E-state index is 12.9. The number of hydrogen-bond acceptors (Lipinski definition) is 3. The fourth-order valence-corrected chi connectivity index (χ4v) is 3.70. The van der Waals surface area contributed by atoms with E-state index in [1.807, 2.05) is 47.4 Å². The van der Waals surface area contributed by atoms with Crippen LogP contribution < -0.4 is 0 Å². The molecule has 1 aliphatic rings. The zero-order chi connectivity index (χ0) is 18.6. The summed E-state index contributed by atoms with van der Waals surface area (Å²) < 4.78 is 0. The Morgan fingerprint density at radius 1 is 1.07 bits per heavy atom. The molecule has 0 saturated carbocycles. The first-order valence-electron chi connectivity index (χ1n) is 9.12. The van der Waals surface area contributed by atoms with Gasteiger partial charge in [0.25, 0.3) is 5.91 Å². The van der Waals surface area contributed by atoms with E-state index in [0.717, 1.165) is 42.2 Å². The lowest BCUT2D eigenvalue weighted by molar-refractivity contribution is 0.0732. The van der Waals surface area contributed by atoms with Crippen molar-refractivity contribution in [2.75, 3.05) is 6.54 Å². The van der Waals surface area contributed by atoms with Gasteiger partial charge in [-0.2, -0.15) is 0 Å². The number of aromatic nitrogens is 2. The van der Waals surface area contributed by atoms with Gasteiger partial charge in [-0.15, -0.1) is 0 Å². The van der Waals surface area contributed by atoms with E-state index in [4.69, 9.17) is 16.6 Å². The maximum Gasteiger partial charge on any atom is 0.254 e. The SMILES string of the molecule is O=C(c1ccncc1)N1CCC[C@@H]1c1cccc(Cc2ccc(Cl)cc2)n1. The topological polar surface area (TPSA) is 46.1 Å². The summed E-state index contributed by atoms with van der Waals surface area (Å²) in [6.45, 7) is 0.759. The third-order valence-electron chi connectivity index (χ3n) is 4.91. The van der Waals surface area contributed by atoms with Gasteiger partial charge >= 0.3 is 0 Å². The first-order valence-corrected chi connectivity index (χ1v) is 9.50. The number of likely N-dealkylation sites (tertiary alicyclic amines) is 1. The van der Waals surface area contributed by atoms with Crippen molar-refractivity contribution in [3.05, 3.63) is 94.5 Å². The number of halogens is 1. The number of nitrogens with zero attached hydrogens (tertiary/aromatic N) is 3. The molecule has 27 heavy (non-hydrogen) atoms. The Hall–Kier alpha value is -2.72. The maximum absolute atomic E-state index is 12.9. The second-order valence-electron chi connectivity index (χ2n) is 6.75. The Balaban J connectivity index is 1.55. The zero-order valence-corrected chi connectivity index (χ0v) is 15.6. The molecule has 5 heteroatoms. The van der Waals surface area contributed by atoms with Crippen LogP contribution in [0.15, 0.2) is 67.0 Å². The molecule has 136 valence electrons. The predicted molar refractivity (Wildman–Crippen MR) is 106 cm³/mol. The molecule has 1 saturated heterocycles. The molecule has 0 aliphatic carbocycles. The molecule has 3 heterocycles. The number of benzene rings is 1. The zero-order valence-electron chi connectivity index (χ0n) is 14.9. The smallest absolute Gasteiger partial charge is 0.254 e. The average molecular weight is 378 g/mol. The summed E-state index contributed by atoms with van der Waals surface area (Å²) in [6.07, 6.45) is 5.99. The molecule has 1 amide bonds. The van der Waals surface area contributed by atoms with Crippen molar-refractivity contribution in [3.63, 3.8) is 0 Å². The molecule has 1 fully saturated rings. The summed E-state index contributed by atoms with van der Waals surface area (Å²) in [5.74, 6) is 0.0461. The molecule has 0 spiro atoms. The van der Waals surface area contributed by atoms with Crippen LogP contribution in [0.1, 0.15) is 46.2 Å². The monoisotopic (exact) mass is 377 g/mol. The standard InChI is InChI=1S/C22H20ClN3O/c23-18-8-6-16(7-9-18)15-19-3-1-4-20(25-19)21-5-2-14-26(21)22(27)17-10-12-24-13-11-17/h1,3-4,6-13,21H,2,5,14-15H2/t21-/m1/s1. The van der Waals surface area contributed by atoms with Crippen LogP contribution in [0, 0.1) is 0 Å². The van der Waals surface area contributed by atoms with Gasteiger partial charge in [0.05, 0.1) is 11.7 Å². The van der Waals surface area contributed by atoms with Crippen LogP contribution in [0.5, 0.6) is 0 Å². The van der Waals surface area contributed by atoms with Gasteiger partial charge < -0.3 is 4.90 Å². The quantitative estimate of drug-likeness (QED) is 0.662. The Bertz CT molecular complexity index is 928. The Morgan fingerprint density at radius 2 is 1.85 bits per heavy atom. The predicted octanol–water partition coefficient (Wildman–Crippen LogP) is 4.70. The highest BCUT2D eigenvalue weighted by Gasteiger charge is 2.31. The molecule has 3 aromatic rings. The second kappa shape index (κ2) is 7.89. The fourth-order valence-electron chi connectivity index (χ4n) is 3.57. The van der Waals surface area contributed by atoms with Crippen molar-refractivity contribution in [2.24, 2.45) is 0 Å². The van der Waals surface area contributed by atoms with Crippen LogP contribution in [-0.2, 0) is 6.42 Å². The largest absolute Gasteiger partial charge is 0.330 e. The molecule has 0 N–H and O–H groups in total. The fraction of sp³-hybridized carbons (Fsp3) is 0.227. The minimum Gasteiger partial charge on any atom is -0.330 e. The molecule has 1 aliphatic heterocycles. The van der Waals surface area contributed by atoms with Gasteiger partial charge in [0.1, 0.15) is 0 Å². The third-order valence-corrected chi connectivity index (χ3v) is 5.16. The minimum atomic E-state index is 0.0239. The summed E-state index contributed by atoms with van der Waals surface area (Å²) in [7, 11) is 0. The number of hydrogen-bond donors (Lipinski definition) is 0.